The van der Waals surface area contributed by atoms with Crippen LogP contribution in [0.2, 0.25) is 0 Å². The van der Waals surface area contributed by atoms with E-state index in [1.165, 1.54) is 12.3 Å². The van der Waals surface area contributed by atoms with E-state index >= 15 is 0 Å². The molecule has 0 atom stereocenters. The molecule has 0 aromatic carbocycles. The fraction of sp³-hybridized carbons (Fsp3) is 0.409. The summed E-state index contributed by atoms with van der Waals surface area (Å²) in [4.78, 5) is 24.7. The Bertz CT molecular complexity index is 1170. The first-order valence-corrected chi connectivity index (χ1v) is 10.5. The van der Waals surface area contributed by atoms with Crippen LogP contribution in [0.3, 0.4) is 0 Å². The third-order valence-corrected chi connectivity index (χ3v) is 5.70. The summed E-state index contributed by atoms with van der Waals surface area (Å²) in [6, 6.07) is 3.62. The van der Waals surface area contributed by atoms with E-state index in [4.69, 9.17) is 0 Å². The van der Waals surface area contributed by atoms with Crippen molar-refractivity contribution in [1.82, 2.24) is 24.7 Å². The molecule has 0 aliphatic heterocycles. The first kappa shape index (κ1) is 22.9. The maximum Gasteiger partial charge on any atom is 0.418 e. The van der Waals surface area contributed by atoms with Gasteiger partial charge >= 0.3 is 6.18 Å². The van der Waals surface area contributed by atoms with Crippen molar-refractivity contribution in [3.8, 4) is 11.4 Å². The van der Waals surface area contributed by atoms with Crippen LogP contribution in [0.1, 0.15) is 67.0 Å². The summed E-state index contributed by atoms with van der Waals surface area (Å²) in [6.45, 7) is -0.495. The van der Waals surface area contributed by atoms with Crippen LogP contribution >= 0.6 is 0 Å². The Balaban J connectivity index is 1.81. The van der Waals surface area contributed by atoms with Crippen LogP contribution in [0.4, 0.5) is 22.0 Å². The normalized spacial score (nSPS) is 15.2. The molecule has 0 spiro atoms. The lowest BCUT2D eigenvalue weighted by atomic mass is 9.84. The van der Waals surface area contributed by atoms with Crippen LogP contribution in [0.5, 0.6) is 0 Å². The van der Waals surface area contributed by atoms with Crippen molar-refractivity contribution >= 4 is 0 Å². The van der Waals surface area contributed by atoms with Gasteiger partial charge in [0, 0.05) is 11.8 Å². The molecule has 1 aliphatic rings. The van der Waals surface area contributed by atoms with E-state index in [1.807, 2.05) is 0 Å². The van der Waals surface area contributed by atoms with Crippen molar-refractivity contribution in [2.24, 2.45) is 0 Å². The lowest BCUT2D eigenvalue weighted by Crippen LogP contribution is -2.30. The molecule has 0 saturated heterocycles. The van der Waals surface area contributed by atoms with Crippen LogP contribution in [-0.4, -0.2) is 24.7 Å². The highest BCUT2D eigenvalue weighted by Crippen LogP contribution is 2.33. The summed E-state index contributed by atoms with van der Waals surface area (Å²) in [7, 11) is 0. The lowest BCUT2D eigenvalue weighted by Gasteiger charge is -2.22. The van der Waals surface area contributed by atoms with Crippen LogP contribution in [-0.2, 0) is 12.7 Å². The number of nitrogens with zero attached hydrogens (tertiary/aromatic N) is 5. The quantitative estimate of drug-likeness (QED) is 0.488. The summed E-state index contributed by atoms with van der Waals surface area (Å²) < 4.78 is 66.9. The zero-order valence-corrected chi connectivity index (χ0v) is 17.4. The monoisotopic (exact) mass is 465 g/mol. The minimum Gasteiger partial charge on any atom is -0.267 e. The molecule has 0 bridgehead atoms. The first-order valence-electron chi connectivity index (χ1n) is 10.5. The van der Waals surface area contributed by atoms with Gasteiger partial charge in [-0.05, 0) is 37.0 Å². The van der Waals surface area contributed by atoms with Gasteiger partial charge in [0.05, 0.1) is 30.2 Å². The molecule has 0 N–H and O–H groups in total. The van der Waals surface area contributed by atoms with Crippen molar-refractivity contribution in [1.29, 1.82) is 0 Å². The molecule has 3 heterocycles. The zero-order chi connectivity index (χ0) is 23.6. The number of aromatic nitrogens is 5. The van der Waals surface area contributed by atoms with Crippen molar-refractivity contribution in [2.75, 3.05) is 0 Å². The molecule has 1 saturated carbocycles. The number of pyridine rings is 1. The largest absolute Gasteiger partial charge is 0.418 e. The van der Waals surface area contributed by atoms with Crippen LogP contribution < -0.4 is 5.56 Å². The van der Waals surface area contributed by atoms with E-state index in [-0.39, 0.29) is 23.0 Å². The average Bonchev–Trinajstić information content (AvgIpc) is 2.80. The molecule has 1 fully saturated rings. The third kappa shape index (κ3) is 5.07. The number of alkyl halides is 5. The molecular weight excluding hydrogens is 445 g/mol. The Labute approximate surface area is 185 Å². The molecule has 4 rings (SSSR count). The van der Waals surface area contributed by atoms with Crippen molar-refractivity contribution in [2.45, 2.75) is 57.2 Å². The Morgan fingerprint density at radius 1 is 1.03 bits per heavy atom. The van der Waals surface area contributed by atoms with Gasteiger partial charge in [0.15, 0.2) is 0 Å². The first-order chi connectivity index (χ1) is 15.7. The zero-order valence-electron chi connectivity index (χ0n) is 17.4. The van der Waals surface area contributed by atoms with Gasteiger partial charge in [-0.15, -0.1) is 0 Å². The van der Waals surface area contributed by atoms with Gasteiger partial charge in [-0.25, -0.2) is 13.5 Å². The van der Waals surface area contributed by atoms with E-state index in [1.54, 1.807) is 6.07 Å². The molecule has 174 valence electrons. The summed E-state index contributed by atoms with van der Waals surface area (Å²) in [5.41, 5.74) is -1.57. The minimum atomic E-state index is -4.65. The molecule has 0 radical (unpaired) electrons. The van der Waals surface area contributed by atoms with Gasteiger partial charge in [0.25, 0.3) is 12.0 Å². The van der Waals surface area contributed by atoms with Crippen LogP contribution in [0, 0.1) is 0 Å². The second kappa shape index (κ2) is 9.32. The predicted octanol–water partition coefficient (Wildman–Crippen LogP) is 5.15. The minimum absolute atomic E-state index is 0.0710. The number of hydrogen-bond donors (Lipinski definition) is 0. The highest BCUT2D eigenvalue weighted by Gasteiger charge is 2.34. The number of rotatable bonds is 5. The van der Waals surface area contributed by atoms with Crippen LogP contribution in [0.25, 0.3) is 11.4 Å². The van der Waals surface area contributed by atoms with E-state index < -0.39 is 36.0 Å². The second-order valence-corrected chi connectivity index (χ2v) is 7.91. The SMILES string of the molecule is O=c1c(C2CCCCC2)cc(-c2cnc(C(F)F)cn2)nn1Cc1ncccc1C(F)(F)F. The fourth-order valence-corrected chi connectivity index (χ4v) is 4.05. The summed E-state index contributed by atoms with van der Waals surface area (Å²) >= 11 is 0. The summed E-state index contributed by atoms with van der Waals surface area (Å²) in [5.74, 6) is -0.0710. The Hall–Kier alpha value is -3.24. The second-order valence-electron chi connectivity index (χ2n) is 7.91. The van der Waals surface area contributed by atoms with Crippen molar-refractivity contribution in [3.63, 3.8) is 0 Å². The Morgan fingerprint density at radius 2 is 1.79 bits per heavy atom. The number of halogens is 5. The van der Waals surface area contributed by atoms with Crippen molar-refractivity contribution < 1.29 is 22.0 Å². The standard InChI is InChI=1S/C22H20F5N5O/c23-20(24)18-11-29-17(10-30-18)16-9-14(13-5-2-1-3-6-13)21(33)32(31-16)12-19-15(22(25,26)27)7-4-8-28-19/h4,7-11,13,20H,1-3,5-6,12H2. The van der Waals surface area contributed by atoms with Gasteiger partial charge in [0.1, 0.15) is 17.1 Å². The third-order valence-electron chi connectivity index (χ3n) is 5.70. The van der Waals surface area contributed by atoms with Crippen LogP contribution in [0.15, 0.2) is 41.6 Å². The van der Waals surface area contributed by atoms with Gasteiger partial charge in [0.2, 0.25) is 0 Å². The molecule has 0 amide bonds. The molecular formula is C22H20F5N5O. The molecule has 3 aromatic rings. The van der Waals surface area contributed by atoms with Gasteiger partial charge in [-0.3, -0.25) is 19.7 Å². The average molecular weight is 465 g/mol. The molecule has 6 nitrogen and oxygen atoms in total. The number of hydrogen-bond acceptors (Lipinski definition) is 5. The van der Waals surface area contributed by atoms with Gasteiger partial charge in [-0.1, -0.05) is 19.3 Å². The summed E-state index contributed by atoms with van der Waals surface area (Å²) in [6.07, 6.45) is 0.264. The fourth-order valence-electron chi connectivity index (χ4n) is 4.05. The van der Waals surface area contributed by atoms with Gasteiger partial charge < -0.3 is 0 Å². The molecule has 3 aromatic heterocycles. The maximum absolute atomic E-state index is 13.4. The van der Waals surface area contributed by atoms with E-state index in [0.717, 1.165) is 55.2 Å². The Morgan fingerprint density at radius 3 is 2.42 bits per heavy atom. The maximum atomic E-state index is 13.4. The van der Waals surface area contributed by atoms with E-state index in [0.29, 0.717) is 5.56 Å². The molecule has 33 heavy (non-hydrogen) atoms. The highest BCUT2D eigenvalue weighted by molar-refractivity contribution is 5.53. The lowest BCUT2D eigenvalue weighted by molar-refractivity contribution is -0.138. The van der Waals surface area contributed by atoms with E-state index in [9.17, 15) is 26.7 Å². The highest BCUT2D eigenvalue weighted by atomic mass is 19.4. The van der Waals surface area contributed by atoms with Gasteiger partial charge in [-0.2, -0.15) is 18.3 Å². The molecule has 1 aliphatic carbocycles. The summed E-state index contributed by atoms with van der Waals surface area (Å²) in [5, 5.41) is 4.20. The van der Waals surface area contributed by atoms with E-state index in [2.05, 4.69) is 20.1 Å². The smallest absolute Gasteiger partial charge is 0.267 e. The Kier molecular flexibility index (Phi) is 6.48. The molecule has 11 heteroatoms. The van der Waals surface area contributed by atoms with Crippen molar-refractivity contribution in [3.05, 3.63) is 69.7 Å². The molecule has 0 unspecified atom stereocenters. The predicted molar refractivity (Wildman–Crippen MR) is 109 cm³/mol. The topological polar surface area (TPSA) is 73.6 Å².